The minimum absolute atomic E-state index is 0. The summed E-state index contributed by atoms with van der Waals surface area (Å²) in [7, 11) is 1.93. The second-order valence-corrected chi connectivity index (χ2v) is 5.73. The number of carbonyl (C=O) groups is 1. The van der Waals surface area contributed by atoms with Crippen LogP contribution in [0.4, 0.5) is 0 Å². The standard InChI is InChI=1S/C15H26N4O.2ClH/c1-18-11-14(10-17-18)13-7-9-19(12-13)15(20)6-4-2-3-5-8-16;;/h10-11,13H,2-9,12,16H2,1H3;2*1H. The van der Waals surface area contributed by atoms with Crippen molar-refractivity contribution in [3.05, 3.63) is 18.0 Å². The van der Waals surface area contributed by atoms with Crippen LogP contribution in [0.5, 0.6) is 0 Å². The molecule has 1 aromatic heterocycles. The molecule has 0 aromatic carbocycles. The molecular weight excluding hydrogens is 323 g/mol. The number of likely N-dealkylation sites (tertiary alicyclic amines) is 1. The Bertz CT molecular complexity index is 439. The van der Waals surface area contributed by atoms with Crippen molar-refractivity contribution in [1.82, 2.24) is 14.7 Å². The van der Waals surface area contributed by atoms with Crippen molar-refractivity contribution in [2.75, 3.05) is 19.6 Å². The third-order valence-corrected chi connectivity index (χ3v) is 4.08. The minimum atomic E-state index is 0. The van der Waals surface area contributed by atoms with Gasteiger partial charge in [0.2, 0.25) is 5.91 Å². The first-order chi connectivity index (χ1) is 9.70. The molecule has 22 heavy (non-hydrogen) atoms. The Morgan fingerprint density at radius 3 is 2.68 bits per heavy atom. The maximum absolute atomic E-state index is 12.1. The lowest BCUT2D eigenvalue weighted by Crippen LogP contribution is -2.28. The molecule has 5 nitrogen and oxygen atoms in total. The number of hydrogen-bond acceptors (Lipinski definition) is 3. The highest BCUT2D eigenvalue weighted by Crippen LogP contribution is 2.27. The highest BCUT2D eigenvalue weighted by molar-refractivity contribution is 5.85. The van der Waals surface area contributed by atoms with Crippen LogP contribution in [0.15, 0.2) is 12.4 Å². The Morgan fingerprint density at radius 2 is 2.05 bits per heavy atom. The summed E-state index contributed by atoms with van der Waals surface area (Å²) in [5, 5.41) is 4.21. The van der Waals surface area contributed by atoms with Gasteiger partial charge in [0, 0.05) is 38.7 Å². The highest BCUT2D eigenvalue weighted by Gasteiger charge is 2.27. The van der Waals surface area contributed by atoms with E-state index in [2.05, 4.69) is 11.3 Å². The molecule has 7 heteroatoms. The lowest BCUT2D eigenvalue weighted by Gasteiger charge is -2.16. The topological polar surface area (TPSA) is 64.2 Å². The average Bonchev–Trinajstić information content (AvgIpc) is 3.06. The van der Waals surface area contributed by atoms with Gasteiger partial charge >= 0.3 is 0 Å². The van der Waals surface area contributed by atoms with E-state index in [9.17, 15) is 4.79 Å². The average molecular weight is 351 g/mol. The summed E-state index contributed by atoms with van der Waals surface area (Å²) < 4.78 is 1.83. The fourth-order valence-corrected chi connectivity index (χ4v) is 2.84. The first kappa shape index (κ1) is 21.2. The predicted molar refractivity (Wildman–Crippen MR) is 93.8 cm³/mol. The van der Waals surface area contributed by atoms with Crippen molar-refractivity contribution in [3.8, 4) is 0 Å². The molecule has 1 aromatic rings. The summed E-state index contributed by atoms with van der Waals surface area (Å²) in [6, 6.07) is 0. The number of nitrogens with zero attached hydrogens (tertiary/aromatic N) is 3. The maximum atomic E-state index is 12.1. The zero-order valence-corrected chi connectivity index (χ0v) is 14.9. The number of unbranched alkanes of at least 4 members (excludes halogenated alkanes) is 3. The van der Waals surface area contributed by atoms with Crippen molar-refractivity contribution in [3.63, 3.8) is 0 Å². The Kier molecular flexibility index (Phi) is 10.5. The van der Waals surface area contributed by atoms with E-state index in [1.807, 2.05) is 22.8 Å². The first-order valence-electron chi connectivity index (χ1n) is 7.67. The van der Waals surface area contributed by atoms with Crippen LogP contribution in [0.3, 0.4) is 0 Å². The molecule has 0 radical (unpaired) electrons. The quantitative estimate of drug-likeness (QED) is 0.768. The van der Waals surface area contributed by atoms with E-state index in [1.165, 1.54) is 5.56 Å². The normalized spacial score (nSPS) is 17.0. The van der Waals surface area contributed by atoms with Crippen LogP contribution in [0.1, 0.15) is 50.0 Å². The summed E-state index contributed by atoms with van der Waals surface area (Å²) in [4.78, 5) is 14.2. The first-order valence-corrected chi connectivity index (χ1v) is 7.67. The number of aromatic nitrogens is 2. The van der Waals surface area contributed by atoms with E-state index in [4.69, 9.17) is 5.73 Å². The van der Waals surface area contributed by atoms with Gasteiger partial charge in [-0.3, -0.25) is 9.48 Å². The second-order valence-electron chi connectivity index (χ2n) is 5.73. The number of hydrogen-bond donors (Lipinski definition) is 1. The van der Waals surface area contributed by atoms with Gasteiger partial charge in [-0.25, -0.2) is 0 Å². The molecule has 2 heterocycles. The fourth-order valence-electron chi connectivity index (χ4n) is 2.84. The molecule has 1 atom stereocenters. The lowest BCUT2D eigenvalue weighted by atomic mass is 10.0. The largest absolute Gasteiger partial charge is 0.342 e. The Hall–Kier alpha value is -0.780. The van der Waals surface area contributed by atoms with E-state index in [0.717, 1.165) is 51.7 Å². The van der Waals surface area contributed by atoms with Gasteiger partial charge in [0.25, 0.3) is 0 Å². The predicted octanol–water partition coefficient (Wildman–Crippen LogP) is 2.49. The molecule has 1 aliphatic rings. The van der Waals surface area contributed by atoms with Gasteiger partial charge in [-0.2, -0.15) is 5.10 Å². The molecule has 2 rings (SSSR count). The second kappa shape index (κ2) is 10.9. The smallest absolute Gasteiger partial charge is 0.222 e. The van der Waals surface area contributed by atoms with Crippen molar-refractivity contribution < 1.29 is 4.79 Å². The maximum Gasteiger partial charge on any atom is 0.222 e. The molecule has 128 valence electrons. The van der Waals surface area contributed by atoms with Crippen molar-refractivity contribution in [2.24, 2.45) is 12.8 Å². The van der Waals surface area contributed by atoms with Crippen LogP contribution in [-0.2, 0) is 11.8 Å². The number of carbonyl (C=O) groups excluding carboxylic acids is 1. The van der Waals surface area contributed by atoms with E-state index in [1.54, 1.807) is 0 Å². The van der Waals surface area contributed by atoms with Gasteiger partial charge in [-0.15, -0.1) is 24.8 Å². The SMILES string of the molecule is Cl.Cl.Cn1cc(C2CCN(C(=O)CCCCCCN)C2)cn1. The number of amides is 1. The molecular formula is C15H28Cl2N4O. The Balaban J connectivity index is 0.00000220. The van der Waals surface area contributed by atoms with Crippen LogP contribution in [0.25, 0.3) is 0 Å². The number of nitrogens with two attached hydrogens (primary N) is 1. The number of rotatable bonds is 7. The molecule has 0 aliphatic carbocycles. The van der Waals surface area contributed by atoms with E-state index in [0.29, 0.717) is 18.2 Å². The lowest BCUT2D eigenvalue weighted by molar-refractivity contribution is -0.130. The van der Waals surface area contributed by atoms with Crippen LogP contribution in [-0.4, -0.2) is 40.2 Å². The molecule has 1 fully saturated rings. The summed E-state index contributed by atoms with van der Waals surface area (Å²) >= 11 is 0. The summed E-state index contributed by atoms with van der Waals surface area (Å²) in [5.41, 5.74) is 6.72. The molecule has 1 amide bonds. The zero-order chi connectivity index (χ0) is 14.4. The van der Waals surface area contributed by atoms with Crippen LogP contribution in [0, 0.1) is 0 Å². The minimum Gasteiger partial charge on any atom is -0.342 e. The monoisotopic (exact) mass is 350 g/mol. The number of aryl methyl sites for hydroxylation is 1. The fraction of sp³-hybridized carbons (Fsp3) is 0.733. The van der Waals surface area contributed by atoms with Gasteiger partial charge in [0.05, 0.1) is 6.20 Å². The van der Waals surface area contributed by atoms with Crippen LogP contribution >= 0.6 is 24.8 Å². The van der Waals surface area contributed by atoms with Crippen molar-refractivity contribution >= 4 is 30.7 Å². The van der Waals surface area contributed by atoms with Gasteiger partial charge in [0.1, 0.15) is 0 Å². The third kappa shape index (κ3) is 6.15. The van der Waals surface area contributed by atoms with Crippen molar-refractivity contribution in [1.29, 1.82) is 0 Å². The number of halogens is 2. The van der Waals surface area contributed by atoms with Gasteiger partial charge < -0.3 is 10.6 Å². The van der Waals surface area contributed by atoms with E-state index in [-0.39, 0.29) is 24.8 Å². The molecule has 1 unspecified atom stereocenters. The molecule has 1 aliphatic heterocycles. The summed E-state index contributed by atoms with van der Waals surface area (Å²) in [6.45, 7) is 2.50. The van der Waals surface area contributed by atoms with Gasteiger partial charge in [-0.1, -0.05) is 12.8 Å². The van der Waals surface area contributed by atoms with E-state index < -0.39 is 0 Å². The van der Waals surface area contributed by atoms with Crippen LogP contribution < -0.4 is 5.73 Å². The Morgan fingerprint density at radius 1 is 1.32 bits per heavy atom. The molecule has 2 N–H and O–H groups in total. The zero-order valence-electron chi connectivity index (χ0n) is 13.2. The van der Waals surface area contributed by atoms with Crippen molar-refractivity contribution in [2.45, 2.75) is 44.4 Å². The Labute approximate surface area is 145 Å². The third-order valence-electron chi connectivity index (χ3n) is 4.08. The van der Waals surface area contributed by atoms with Gasteiger partial charge in [-0.05, 0) is 31.4 Å². The molecule has 0 bridgehead atoms. The van der Waals surface area contributed by atoms with E-state index >= 15 is 0 Å². The van der Waals surface area contributed by atoms with Crippen LogP contribution in [0.2, 0.25) is 0 Å². The highest BCUT2D eigenvalue weighted by atomic mass is 35.5. The molecule has 0 spiro atoms. The summed E-state index contributed by atoms with van der Waals surface area (Å²) in [5.74, 6) is 0.772. The van der Waals surface area contributed by atoms with Gasteiger partial charge in [0.15, 0.2) is 0 Å². The summed E-state index contributed by atoms with van der Waals surface area (Å²) in [6.07, 6.45) is 10.0. The molecule has 1 saturated heterocycles. The molecule has 0 saturated carbocycles.